The first kappa shape index (κ1) is 15.3. The second kappa shape index (κ2) is 6.55. The number of aliphatic hydroxyl groups is 2. The van der Waals surface area contributed by atoms with Crippen LogP contribution in [0.3, 0.4) is 0 Å². The lowest BCUT2D eigenvalue weighted by Gasteiger charge is -2.16. The molecule has 0 radical (unpaired) electrons. The van der Waals surface area contributed by atoms with E-state index in [1.165, 1.54) is 4.90 Å². The highest BCUT2D eigenvalue weighted by Crippen LogP contribution is 2.15. The molecule has 1 aromatic rings. The summed E-state index contributed by atoms with van der Waals surface area (Å²) < 4.78 is 0. The van der Waals surface area contributed by atoms with Crippen molar-refractivity contribution in [2.75, 3.05) is 18.4 Å². The molecular weight excluding hydrogens is 276 g/mol. The molecule has 7 heteroatoms. The summed E-state index contributed by atoms with van der Waals surface area (Å²) in [6, 6.07) is 6.54. The molecule has 1 saturated heterocycles. The normalized spacial score (nSPS) is 21.3. The SMILES string of the molecule is O=C(O)CCc1cccc(NC(=O)N2CC(O)C(O)C2)c1. The van der Waals surface area contributed by atoms with E-state index in [1.807, 2.05) is 0 Å². The molecule has 1 aliphatic rings. The van der Waals surface area contributed by atoms with Crippen LogP contribution in [0.25, 0.3) is 0 Å². The molecule has 4 N–H and O–H groups in total. The molecule has 0 bridgehead atoms. The predicted molar refractivity (Wildman–Crippen MR) is 75.0 cm³/mol. The van der Waals surface area contributed by atoms with Crippen LogP contribution < -0.4 is 5.32 Å². The first-order valence-electron chi connectivity index (χ1n) is 6.68. The lowest BCUT2D eigenvalue weighted by Crippen LogP contribution is -2.33. The van der Waals surface area contributed by atoms with Crippen LogP contribution in [0.5, 0.6) is 0 Å². The number of nitrogens with zero attached hydrogens (tertiary/aromatic N) is 1. The molecule has 0 aliphatic carbocycles. The van der Waals surface area contributed by atoms with Gasteiger partial charge in [-0.3, -0.25) is 4.79 Å². The standard InChI is InChI=1S/C14H18N2O5/c17-11-7-16(8-12(11)18)14(21)15-10-3-1-2-9(6-10)4-5-13(19)20/h1-3,6,11-12,17-18H,4-5,7-8H2,(H,15,21)(H,19,20). The summed E-state index contributed by atoms with van der Waals surface area (Å²) >= 11 is 0. The van der Waals surface area contributed by atoms with Crippen molar-refractivity contribution in [3.05, 3.63) is 29.8 Å². The first-order valence-corrected chi connectivity index (χ1v) is 6.68. The number of aliphatic hydroxyl groups excluding tert-OH is 2. The summed E-state index contributed by atoms with van der Waals surface area (Å²) in [7, 11) is 0. The van der Waals surface area contributed by atoms with Crippen molar-refractivity contribution in [2.45, 2.75) is 25.0 Å². The van der Waals surface area contributed by atoms with Crippen molar-refractivity contribution < 1.29 is 24.9 Å². The van der Waals surface area contributed by atoms with Crippen LogP contribution in [0, 0.1) is 0 Å². The first-order chi connectivity index (χ1) is 9.95. The van der Waals surface area contributed by atoms with Gasteiger partial charge in [-0.15, -0.1) is 0 Å². The number of amides is 2. The molecule has 0 spiro atoms. The molecule has 0 saturated carbocycles. The Morgan fingerprint density at radius 1 is 1.24 bits per heavy atom. The monoisotopic (exact) mass is 294 g/mol. The van der Waals surface area contributed by atoms with E-state index in [9.17, 15) is 19.8 Å². The van der Waals surface area contributed by atoms with Gasteiger partial charge in [-0.05, 0) is 24.1 Å². The number of aryl methyl sites for hydroxylation is 1. The van der Waals surface area contributed by atoms with Gasteiger partial charge in [0, 0.05) is 12.1 Å². The van der Waals surface area contributed by atoms with Gasteiger partial charge >= 0.3 is 12.0 Å². The zero-order chi connectivity index (χ0) is 15.4. The average Bonchev–Trinajstić information content (AvgIpc) is 2.77. The van der Waals surface area contributed by atoms with Crippen LogP contribution in [0.1, 0.15) is 12.0 Å². The lowest BCUT2D eigenvalue weighted by atomic mass is 10.1. The van der Waals surface area contributed by atoms with Crippen molar-refractivity contribution >= 4 is 17.7 Å². The molecule has 114 valence electrons. The summed E-state index contributed by atoms with van der Waals surface area (Å²) in [5.41, 5.74) is 1.37. The van der Waals surface area contributed by atoms with Crippen molar-refractivity contribution in [1.82, 2.24) is 4.90 Å². The molecule has 1 aromatic carbocycles. The Hall–Kier alpha value is -2.12. The summed E-state index contributed by atoms with van der Waals surface area (Å²) in [4.78, 5) is 23.9. The molecule has 2 atom stereocenters. The van der Waals surface area contributed by atoms with Crippen LogP contribution in [-0.4, -0.2) is 57.5 Å². The van der Waals surface area contributed by atoms with E-state index in [2.05, 4.69) is 5.32 Å². The topological polar surface area (TPSA) is 110 Å². The highest BCUT2D eigenvalue weighted by molar-refractivity contribution is 5.89. The maximum absolute atomic E-state index is 12.0. The maximum atomic E-state index is 12.0. The van der Waals surface area contributed by atoms with Gasteiger partial charge in [0.05, 0.1) is 25.3 Å². The second-order valence-corrected chi connectivity index (χ2v) is 5.06. The van der Waals surface area contributed by atoms with Crippen LogP contribution in [-0.2, 0) is 11.2 Å². The van der Waals surface area contributed by atoms with Crippen LogP contribution >= 0.6 is 0 Å². The number of anilines is 1. The number of carboxylic acids is 1. The summed E-state index contributed by atoms with van der Waals surface area (Å²) in [6.45, 7) is 0.178. The largest absolute Gasteiger partial charge is 0.481 e. The van der Waals surface area contributed by atoms with Gasteiger partial charge in [0.1, 0.15) is 0 Å². The molecule has 7 nitrogen and oxygen atoms in total. The van der Waals surface area contributed by atoms with Crippen molar-refractivity contribution in [3.63, 3.8) is 0 Å². The van der Waals surface area contributed by atoms with Gasteiger partial charge in [0.25, 0.3) is 0 Å². The fourth-order valence-corrected chi connectivity index (χ4v) is 2.19. The molecule has 2 amide bonds. The fraction of sp³-hybridized carbons (Fsp3) is 0.429. The van der Waals surface area contributed by atoms with E-state index in [4.69, 9.17) is 5.11 Å². The minimum absolute atomic E-state index is 0.0297. The Bertz CT molecular complexity index is 524. The number of carbonyl (C=O) groups is 2. The summed E-state index contributed by atoms with van der Waals surface area (Å²) in [6.07, 6.45) is -1.42. The summed E-state index contributed by atoms with van der Waals surface area (Å²) in [5.74, 6) is -0.871. The second-order valence-electron chi connectivity index (χ2n) is 5.06. The lowest BCUT2D eigenvalue weighted by molar-refractivity contribution is -0.136. The average molecular weight is 294 g/mol. The van der Waals surface area contributed by atoms with E-state index in [1.54, 1.807) is 24.3 Å². The fourth-order valence-electron chi connectivity index (χ4n) is 2.19. The number of hydrogen-bond donors (Lipinski definition) is 4. The van der Waals surface area contributed by atoms with Crippen molar-refractivity contribution in [2.24, 2.45) is 0 Å². The Morgan fingerprint density at radius 3 is 2.52 bits per heavy atom. The molecule has 2 rings (SSSR count). The summed E-state index contributed by atoms with van der Waals surface area (Å²) in [5, 5.41) is 30.2. The van der Waals surface area contributed by atoms with Gasteiger partial charge in [-0.2, -0.15) is 0 Å². The van der Waals surface area contributed by atoms with Crippen molar-refractivity contribution in [1.29, 1.82) is 0 Å². The van der Waals surface area contributed by atoms with E-state index < -0.39 is 24.2 Å². The van der Waals surface area contributed by atoms with Crippen LogP contribution in [0.2, 0.25) is 0 Å². The molecule has 0 aromatic heterocycles. The van der Waals surface area contributed by atoms with E-state index in [0.717, 1.165) is 5.56 Å². The number of hydrogen-bond acceptors (Lipinski definition) is 4. The van der Waals surface area contributed by atoms with Crippen molar-refractivity contribution in [3.8, 4) is 0 Å². The Balaban J connectivity index is 1.95. The predicted octanol–water partition coefficient (Wildman–Crippen LogP) is 0.273. The number of rotatable bonds is 4. The van der Waals surface area contributed by atoms with Gasteiger partial charge in [0.15, 0.2) is 0 Å². The number of benzene rings is 1. The highest BCUT2D eigenvalue weighted by Gasteiger charge is 2.32. The molecule has 21 heavy (non-hydrogen) atoms. The molecule has 2 unspecified atom stereocenters. The maximum Gasteiger partial charge on any atom is 0.322 e. The number of β-amino-alcohol motifs (C(OH)–C–C–N with tert-alkyl or cyclic N) is 2. The number of likely N-dealkylation sites (tertiary alicyclic amines) is 1. The number of carboxylic acid groups (broad SMARTS) is 1. The molecule has 1 heterocycles. The number of urea groups is 1. The van der Waals surface area contributed by atoms with Crippen LogP contribution in [0.15, 0.2) is 24.3 Å². The third-order valence-corrected chi connectivity index (χ3v) is 3.35. The van der Waals surface area contributed by atoms with E-state index in [-0.39, 0.29) is 19.5 Å². The van der Waals surface area contributed by atoms with Gasteiger partial charge in [-0.1, -0.05) is 12.1 Å². The highest BCUT2D eigenvalue weighted by atomic mass is 16.4. The quantitative estimate of drug-likeness (QED) is 0.637. The third-order valence-electron chi connectivity index (χ3n) is 3.35. The van der Waals surface area contributed by atoms with E-state index >= 15 is 0 Å². The minimum Gasteiger partial charge on any atom is -0.481 e. The Morgan fingerprint density at radius 2 is 1.90 bits per heavy atom. The van der Waals surface area contributed by atoms with Crippen LogP contribution in [0.4, 0.5) is 10.5 Å². The Labute approximate surface area is 121 Å². The molecule has 1 aliphatic heterocycles. The Kier molecular flexibility index (Phi) is 4.77. The zero-order valence-electron chi connectivity index (χ0n) is 11.4. The van der Waals surface area contributed by atoms with Gasteiger partial charge in [-0.25, -0.2) is 4.79 Å². The zero-order valence-corrected chi connectivity index (χ0v) is 11.4. The minimum atomic E-state index is -0.919. The van der Waals surface area contributed by atoms with Gasteiger partial charge < -0.3 is 25.5 Å². The number of nitrogens with one attached hydrogen (secondary N) is 1. The molecule has 1 fully saturated rings. The van der Waals surface area contributed by atoms with E-state index in [0.29, 0.717) is 12.1 Å². The third kappa shape index (κ3) is 4.17. The smallest absolute Gasteiger partial charge is 0.322 e. The molecular formula is C14H18N2O5. The van der Waals surface area contributed by atoms with Gasteiger partial charge in [0.2, 0.25) is 0 Å². The number of aliphatic carboxylic acids is 1. The number of carbonyl (C=O) groups excluding carboxylic acids is 1.